The molecule has 0 spiro atoms. The lowest BCUT2D eigenvalue weighted by molar-refractivity contribution is -0.142. The number of rotatable bonds is 6. The molecule has 0 aromatic heterocycles. The first-order chi connectivity index (χ1) is 14.6. The normalized spacial score (nSPS) is 19.6. The second kappa shape index (κ2) is 9.61. The maximum absolute atomic E-state index is 14.7. The average molecular weight is 446 g/mol. The van der Waals surface area contributed by atoms with E-state index in [9.17, 15) is 30.7 Å². The van der Waals surface area contributed by atoms with E-state index in [2.05, 4.69) is 6.92 Å². The Hall–Kier alpha value is -2.05. The Morgan fingerprint density at radius 3 is 1.84 bits per heavy atom. The van der Waals surface area contributed by atoms with Gasteiger partial charge in [0.25, 0.3) is 0 Å². The molecule has 0 saturated heterocycles. The van der Waals surface area contributed by atoms with E-state index in [0.717, 1.165) is 32.1 Å². The van der Waals surface area contributed by atoms with Crippen molar-refractivity contribution < 1.29 is 30.7 Å². The molecule has 1 aliphatic rings. The zero-order valence-corrected chi connectivity index (χ0v) is 17.3. The van der Waals surface area contributed by atoms with Crippen LogP contribution < -0.4 is 0 Å². The standard InChI is InChI=1S/C24H25F7/c1-2-3-4-14-5-7-16(8-6-14)17-12-19(25)18(20(26)13-17)9-15-10-21(27)23(22(28)11-15)24(29,30)31/h10-14,16H,2-9H2,1H3. The summed E-state index contributed by atoms with van der Waals surface area (Å²) in [5.74, 6) is -4.63. The van der Waals surface area contributed by atoms with Crippen LogP contribution in [0.15, 0.2) is 24.3 Å². The van der Waals surface area contributed by atoms with Crippen molar-refractivity contribution in [3.8, 4) is 0 Å². The third kappa shape index (κ3) is 5.60. The summed E-state index contributed by atoms with van der Waals surface area (Å²) in [4.78, 5) is 0. The van der Waals surface area contributed by atoms with Gasteiger partial charge in [-0.05, 0) is 72.9 Å². The van der Waals surface area contributed by atoms with Crippen LogP contribution in [-0.2, 0) is 12.6 Å². The van der Waals surface area contributed by atoms with Crippen LogP contribution in [0.2, 0.25) is 0 Å². The van der Waals surface area contributed by atoms with Gasteiger partial charge >= 0.3 is 6.18 Å². The summed E-state index contributed by atoms with van der Waals surface area (Å²) in [6.45, 7) is 2.15. The van der Waals surface area contributed by atoms with E-state index < -0.39 is 47.0 Å². The molecule has 1 saturated carbocycles. The molecule has 1 aliphatic carbocycles. The summed E-state index contributed by atoms with van der Waals surface area (Å²) in [5, 5.41) is 0. The number of hydrogen-bond acceptors (Lipinski definition) is 0. The monoisotopic (exact) mass is 446 g/mol. The van der Waals surface area contributed by atoms with Crippen LogP contribution in [-0.4, -0.2) is 0 Å². The molecule has 0 radical (unpaired) electrons. The Kier molecular flexibility index (Phi) is 7.32. The Balaban J connectivity index is 1.76. The summed E-state index contributed by atoms with van der Waals surface area (Å²) in [7, 11) is 0. The number of alkyl halides is 3. The van der Waals surface area contributed by atoms with Crippen molar-refractivity contribution in [2.75, 3.05) is 0 Å². The Labute approximate surface area is 177 Å². The van der Waals surface area contributed by atoms with Crippen LogP contribution in [0.5, 0.6) is 0 Å². The van der Waals surface area contributed by atoms with Crippen molar-refractivity contribution in [1.29, 1.82) is 0 Å². The molecule has 0 nitrogen and oxygen atoms in total. The molecule has 2 aromatic rings. The molecule has 170 valence electrons. The van der Waals surface area contributed by atoms with Crippen LogP contribution >= 0.6 is 0 Å². The minimum atomic E-state index is -5.19. The van der Waals surface area contributed by atoms with Crippen LogP contribution in [0.25, 0.3) is 0 Å². The van der Waals surface area contributed by atoms with Crippen LogP contribution in [0, 0.1) is 29.2 Å². The highest BCUT2D eigenvalue weighted by atomic mass is 19.4. The van der Waals surface area contributed by atoms with Crippen LogP contribution in [0.3, 0.4) is 0 Å². The largest absolute Gasteiger partial charge is 0.422 e. The van der Waals surface area contributed by atoms with E-state index in [1.54, 1.807) is 0 Å². The van der Waals surface area contributed by atoms with Crippen molar-refractivity contribution in [2.45, 2.75) is 70.4 Å². The quantitative estimate of drug-likeness (QED) is 0.392. The molecule has 0 heterocycles. The van der Waals surface area contributed by atoms with Crippen LogP contribution in [0.4, 0.5) is 30.7 Å². The first-order valence-electron chi connectivity index (χ1n) is 10.6. The third-order valence-electron chi connectivity index (χ3n) is 6.21. The van der Waals surface area contributed by atoms with Gasteiger partial charge in [-0.1, -0.05) is 26.2 Å². The van der Waals surface area contributed by atoms with E-state index in [4.69, 9.17) is 0 Å². The molecule has 0 bridgehead atoms. The van der Waals surface area contributed by atoms with Gasteiger partial charge in [0, 0.05) is 12.0 Å². The fourth-order valence-corrected chi connectivity index (χ4v) is 4.51. The molecular formula is C24H25F7. The molecule has 3 rings (SSSR count). The highest BCUT2D eigenvalue weighted by Crippen LogP contribution is 2.39. The second-order valence-electron chi connectivity index (χ2n) is 8.43. The molecule has 0 amide bonds. The zero-order valence-electron chi connectivity index (χ0n) is 17.3. The van der Waals surface area contributed by atoms with Crippen molar-refractivity contribution in [1.82, 2.24) is 0 Å². The molecule has 7 heteroatoms. The van der Waals surface area contributed by atoms with Gasteiger partial charge < -0.3 is 0 Å². The molecule has 2 aromatic carbocycles. The highest BCUT2D eigenvalue weighted by molar-refractivity contribution is 5.35. The topological polar surface area (TPSA) is 0 Å². The molecule has 31 heavy (non-hydrogen) atoms. The maximum atomic E-state index is 14.7. The number of unbranched alkanes of at least 4 members (excludes halogenated alkanes) is 1. The van der Waals surface area contributed by atoms with E-state index in [-0.39, 0.29) is 11.5 Å². The van der Waals surface area contributed by atoms with E-state index in [1.165, 1.54) is 25.0 Å². The number of halogens is 7. The fourth-order valence-electron chi connectivity index (χ4n) is 4.51. The van der Waals surface area contributed by atoms with Gasteiger partial charge in [-0.25, -0.2) is 17.6 Å². The summed E-state index contributed by atoms with van der Waals surface area (Å²) < 4.78 is 95.0. The van der Waals surface area contributed by atoms with E-state index in [1.807, 2.05) is 0 Å². The Morgan fingerprint density at radius 1 is 0.806 bits per heavy atom. The lowest BCUT2D eigenvalue weighted by Gasteiger charge is -2.29. The minimum absolute atomic E-state index is 0.0527. The highest BCUT2D eigenvalue weighted by Gasteiger charge is 2.38. The van der Waals surface area contributed by atoms with Gasteiger partial charge in [-0.2, -0.15) is 13.2 Å². The summed E-state index contributed by atoms with van der Waals surface area (Å²) >= 11 is 0. The van der Waals surface area contributed by atoms with Gasteiger partial charge in [0.1, 0.15) is 28.8 Å². The zero-order chi connectivity index (χ0) is 22.8. The second-order valence-corrected chi connectivity index (χ2v) is 8.43. The Morgan fingerprint density at radius 2 is 1.35 bits per heavy atom. The van der Waals surface area contributed by atoms with Crippen molar-refractivity contribution in [3.05, 3.63) is 69.8 Å². The average Bonchev–Trinajstić information content (AvgIpc) is 2.68. The van der Waals surface area contributed by atoms with Crippen molar-refractivity contribution in [3.63, 3.8) is 0 Å². The lowest BCUT2D eigenvalue weighted by Crippen LogP contribution is -2.14. The first kappa shape index (κ1) is 23.6. The third-order valence-corrected chi connectivity index (χ3v) is 6.21. The summed E-state index contributed by atoms with van der Waals surface area (Å²) in [6, 6.07) is 3.42. The number of benzene rings is 2. The fraction of sp³-hybridized carbons (Fsp3) is 0.500. The summed E-state index contributed by atoms with van der Waals surface area (Å²) in [6.07, 6.45) is 1.48. The smallest absolute Gasteiger partial charge is 0.207 e. The molecule has 0 aliphatic heterocycles. The molecule has 0 N–H and O–H groups in total. The molecule has 0 unspecified atom stereocenters. The predicted octanol–water partition coefficient (Wildman–Crippen LogP) is 8.32. The molecule has 1 fully saturated rings. The molecule has 0 atom stereocenters. The van der Waals surface area contributed by atoms with Crippen molar-refractivity contribution in [2.24, 2.45) is 5.92 Å². The molecular weight excluding hydrogens is 421 g/mol. The van der Waals surface area contributed by atoms with Crippen LogP contribution in [0.1, 0.15) is 80.0 Å². The van der Waals surface area contributed by atoms with E-state index in [0.29, 0.717) is 23.6 Å². The van der Waals surface area contributed by atoms with Gasteiger partial charge in [0.2, 0.25) is 0 Å². The van der Waals surface area contributed by atoms with Gasteiger partial charge in [-0.3, -0.25) is 0 Å². The van der Waals surface area contributed by atoms with E-state index >= 15 is 0 Å². The minimum Gasteiger partial charge on any atom is -0.207 e. The first-order valence-corrected chi connectivity index (χ1v) is 10.6. The lowest BCUT2D eigenvalue weighted by atomic mass is 9.77. The summed E-state index contributed by atoms with van der Waals surface area (Å²) in [5.41, 5.74) is -2.15. The Bertz CT molecular complexity index is 863. The van der Waals surface area contributed by atoms with Crippen molar-refractivity contribution >= 4 is 0 Å². The maximum Gasteiger partial charge on any atom is 0.422 e. The SMILES string of the molecule is CCCCC1CCC(c2cc(F)c(Cc3cc(F)c(C(F)(F)F)c(F)c3)c(F)c2)CC1. The van der Waals surface area contributed by atoms with Gasteiger partial charge in [0.15, 0.2) is 0 Å². The van der Waals surface area contributed by atoms with Gasteiger partial charge in [-0.15, -0.1) is 0 Å². The van der Waals surface area contributed by atoms with Gasteiger partial charge in [0.05, 0.1) is 0 Å². The number of hydrogen-bond donors (Lipinski definition) is 0. The predicted molar refractivity (Wildman–Crippen MR) is 105 cm³/mol.